The second kappa shape index (κ2) is 8.62. The van der Waals surface area contributed by atoms with E-state index >= 15 is 0 Å². The maximum atomic E-state index is 13.3. The van der Waals surface area contributed by atoms with Crippen molar-refractivity contribution >= 4 is 17.7 Å². The molecule has 1 amide bonds. The number of carbonyl (C=O) groups excluding carboxylic acids is 1. The lowest BCUT2D eigenvalue weighted by atomic mass is 9.96. The van der Waals surface area contributed by atoms with Gasteiger partial charge in [-0.2, -0.15) is 0 Å². The summed E-state index contributed by atoms with van der Waals surface area (Å²) in [5.41, 5.74) is 0.769. The van der Waals surface area contributed by atoms with E-state index in [1.165, 1.54) is 43.2 Å². The summed E-state index contributed by atoms with van der Waals surface area (Å²) in [5.74, 6) is -0.324. The molecule has 3 rings (SSSR count). The predicted octanol–water partition coefficient (Wildman–Crippen LogP) is 3.46. The zero-order chi connectivity index (χ0) is 18.5. The molecule has 140 valence electrons. The van der Waals surface area contributed by atoms with E-state index in [0.717, 1.165) is 18.4 Å². The predicted molar refractivity (Wildman–Crippen MR) is 98.1 cm³/mol. The van der Waals surface area contributed by atoms with Crippen molar-refractivity contribution < 1.29 is 9.18 Å². The van der Waals surface area contributed by atoms with Gasteiger partial charge in [0.05, 0.1) is 11.3 Å². The van der Waals surface area contributed by atoms with Crippen LogP contribution in [-0.4, -0.2) is 43.3 Å². The van der Waals surface area contributed by atoms with Gasteiger partial charge in [0.1, 0.15) is 5.82 Å². The van der Waals surface area contributed by atoms with Crippen LogP contribution in [0.25, 0.3) is 0 Å². The molecule has 1 atom stereocenters. The van der Waals surface area contributed by atoms with Crippen molar-refractivity contribution in [3.63, 3.8) is 0 Å². The van der Waals surface area contributed by atoms with E-state index in [-0.39, 0.29) is 17.0 Å². The van der Waals surface area contributed by atoms with Gasteiger partial charge in [0.25, 0.3) is 0 Å². The topological polar surface area (TPSA) is 63.9 Å². The Morgan fingerprint density at radius 2 is 2.15 bits per heavy atom. The van der Waals surface area contributed by atoms with Gasteiger partial charge in [-0.05, 0) is 47.9 Å². The van der Waals surface area contributed by atoms with Gasteiger partial charge in [-0.3, -0.25) is 4.79 Å². The van der Waals surface area contributed by atoms with Gasteiger partial charge in [-0.1, -0.05) is 43.2 Å². The summed E-state index contributed by atoms with van der Waals surface area (Å²) in [4.78, 5) is 14.3. The van der Waals surface area contributed by atoms with Crippen molar-refractivity contribution in [3.8, 4) is 0 Å². The molecule has 0 saturated heterocycles. The number of benzene rings is 1. The number of thioether (sulfide) groups is 1. The van der Waals surface area contributed by atoms with E-state index in [1.54, 1.807) is 18.0 Å². The van der Waals surface area contributed by atoms with Gasteiger partial charge in [-0.15, -0.1) is 5.10 Å². The third kappa shape index (κ3) is 4.60. The van der Waals surface area contributed by atoms with Crippen molar-refractivity contribution in [2.75, 3.05) is 7.05 Å². The Hall–Kier alpha value is -1.96. The summed E-state index contributed by atoms with van der Waals surface area (Å²) in [7, 11) is 1.73. The van der Waals surface area contributed by atoms with Crippen LogP contribution in [0.2, 0.25) is 0 Å². The first-order chi connectivity index (χ1) is 12.5. The van der Waals surface area contributed by atoms with Crippen LogP contribution in [0.3, 0.4) is 0 Å². The van der Waals surface area contributed by atoms with Crippen LogP contribution < -0.4 is 0 Å². The lowest BCUT2D eigenvalue weighted by Crippen LogP contribution is -2.33. The van der Waals surface area contributed by atoms with Crippen molar-refractivity contribution in [2.24, 2.45) is 0 Å². The molecule has 1 aromatic heterocycles. The standard InChI is InChI=1S/C18H24FN5OS/c1-13(17(25)23(2)12-14-7-6-8-15(19)11-14)26-18-20-21-22-24(18)16-9-4-3-5-10-16/h6-8,11,13,16H,3-5,9-10,12H2,1-2H3. The molecule has 0 N–H and O–H groups in total. The average Bonchev–Trinajstić information content (AvgIpc) is 3.09. The van der Waals surface area contributed by atoms with E-state index in [0.29, 0.717) is 17.7 Å². The quantitative estimate of drug-likeness (QED) is 0.722. The minimum absolute atomic E-state index is 0.0301. The van der Waals surface area contributed by atoms with E-state index < -0.39 is 0 Å². The van der Waals surface area contributed by atoms with Crippen LogP contribution in [0.4, 0.5) is 4.39 Å². The molecular formula is C18H24FN5OS. The van der Waals surface area contributed by atoms with Gasteiger partial charge in [0.2, 0.25) is 11.1 Å². The van der Waals surface area contributed by atoms with E-state index in [4.69, 9.17) is 0 Å². The van der Waals surface area contributed by atoms with Crippen molar-refractivity contribution in [3.05, 3.63) is 35.6 Å². The van der Waals surface area contributed by atoms with Crippen molar-refractivity contribution in [1.29, 1.82) is 0 Å². The summed E-state index contributed by atoms with van der Waals surface area (Å²) in [5, 5.41) is 12.4. The lowest BCUT2D eigenvalue weighted by Gasteiger charge is -2.24. The highest BCUT2D eigenvalue weighted by atomic mass is 32.2. The molecule has 0 bridgehead atoms. The summed E-state index contributed by atoms with van der Waals surface area (Å²) in [6, 6.07) is 6.64. The fourth-order valence-corrected chi connectivity index (χ4v) is 4.30. The maximum absolute atomic E-state index is 13.3. The third-order valence-corrected chi connectivity index (χ3v) is 5.73. The minimum atomic E-state index is -0.318. The first-order valence-electron chi connectivity index (χ1n) is 8.98. The molecule has 1 aliphatic carbocycles. The second-order valence-corrected chi connectivity index (χ2v) is 8.09. The van der Waals surface area contributed by atoms with Gasteiger partial charge < -0.3 is 4.90 Å². The highest BCUT2D eigenvalue weighted by Crippen LogP contribution is 2.31. The zero-order valence-corrected chi connectivity index (χ0v) is 16.0. The summed E-state index contributed by atoms with van der Waals surface area (Å²) in [6.45, 7) is 2.23. The number of nitrogens with zero attached hydrogens (tertiary/aromatic N) is 5. The smallest absolute Gasteiger partial charge is 0.235 e. The molecule has 2 aromatic rings. The van der Waals surface area contributed by atoms with Gasteiger partial charge in [0.15, 0.2) is 0 Å². The number of amides is 1. The molecule has 0 radical (unpaired) electrons. The Morgan fingerprint density at radius 1 is 1.38 bits per heavy atom. The number of halogens is 1. The third-order valence-electron chi connectivity index (χ3n) is 4.70. The number of carbonyl (C=O) groups is 1. The Labute approximate surface area is 157 Å². The summed E-state index contributed by atoms with van der Waals surface area (Å²) in [6.07, 6.45) is 5.82. The number of tetrazole rings is 1. The number of hydrogen-bond acceptors (Lipinski definition) is 5. The minimum Gasteiger partial charge on any atom is -0.340 e. The molecule has 26 heavy (non-hydrogen) atoms. The lowest BCUT2D eigenvalue weighted by molar-refractivity contribution is -0.129. The molecule has 1 unspecified atom stereocenters. The van der Waals surface area contributed by atoms with Crippen LogP contribution in [0.5, 0.6) is 0 Å². The molecular weight excluding hydrogens is 353 g/mol. The van der Waals surface area contributed by atoms with E-state index in [9.17, 15) is 9.18 Å². The molecule has 1 saturated carbocycles. The molecule has 1 aliphatic rings. The summed E-state index contributed by atoms with van der Waals surface area (Å²) >= 11 is 1.38. The Balaban J connectivity index is 1.61. The molecule has 1 fully saturated rings. The van der Waals surface area contributed by atoms with Gasteiger partial charge >= 0.3 is 0 Å². The van der Waals surface area contributed by atoms with Crippen molar-refractivity contribution in [2.45, 2.75) is 62.0 Å². The van der Waals surface area contributed by atoms with Crippen LogP contribution in [-0.2, 0) is 11.3 Å². The average molecular weight is 377 g/mol. The number of aromatic nitrogens is 4. The van der Waals surface area contributed by atoms with Crippen LogP contribution >= 0.6 is 11.8 Å². The summed E-state index contributed by atoms with van der Waals surface area (Å²) < 4.78 is 15.2. The van der Waals surface area contributed by atoms with Crippen LogP contribution in [0, 0.1) is 5.82 Å². The maximum Gasteiger partial charge on any atom is 0.235 e. The monoisotopic (exact) mass is 377 g/mol. The fourth-order valence-electron chi connectivity index (χ4n) is 3.32. The second-order valence-electron chi connectivity index (χ2n) is 6.78. The molecule has 0 aliphatic heterocycles. The zero-order valence-electron chi connectivity index (χ0n) is 15.1. The fraction of sp³-hybridized carbons (Fsp3) is 0.556. The number of hydrogen-bond donors (Lipinski definition) is 0. The van der Waals surface area contributed by atoms with E-state index in [2.05, 4.69) is 15.5 Å². The number of rotatable bonds is 6. The Kier molecular flexibility index (Phi) is 6.24. The largest absolute Gasteiger partial charge is 0.340 e. The van der Waals surface area contributed by atoms with Crippen LogP contribution in [0.15, 0.2) is 29.4 Å². The molecule has 8 heteroatoms. The van der Waals surface area contributed by atoms with Crippen molar-refractivity contribution in [1.82, 2.24) is 25.1 Å². The van der Waals surface area contributed by atoms with E-state index in [1.807, 2.05) is 17.7 Å². The van der Waals surface area contributed by atoms with Gasteiger partial charge in [-0.25, -0.2) is 9.07 Å². The molecule has 1 aromatic carbocycles. The normalized spacial score (nSPS) is 16.4. The molecule has 0 spiro atoms. The highest BCUT2D eigenvalue weighted by molar-refractivity contribution is 8.00. The molecule has 1 heterocycles. The van der Waals surface area contributed by atoms with Gasteiger partial charge in [0, 0.05) is 13.6 Å². The first-order valence-corrected chi connectivity index (χ1v) is 9.86. The highest BCUT2D eigenvalue weighted by Gasteiger charge is 2.25. The Bertz CT molecular complexity index is 747. The molecule has 6 nitrogen and oxygen atoms in total. The van der Waals surface area contributed by atoms with Crippen LogP contribution in [0.1, 0.15) is 50.6 Å². The SMILES string of the molecule is CC(Sc1nnnn1C1CCCCC1)C(=O)N(C)Cc1cccc(F)c1. The Morgan fingerprint density at radius 3 is 2.88 bits per heavy atom. The first kappa shape index (κ1) is 18.8.